The molecule has 0 fully saturated rings. The SMILES string of the molecule is Cc1ccccc1S(N)(=O)=O.[Na]. The molecule has 61 valence electrons. The average molecular weight is 194 g/mol. The van der Waals surface area contributed by atoms with E-state index in [1.165, 1.54) is 6.07 Å². The zero-order chi connectivity index (χ0) is 8.48. The smallest absolute Gasteiger partial charge is 0.225 e. The van der Waals surface area contributed by atoms with Crippen LogP contribution in [0, 0.1) is 6.92 Å². The summed E-state index contributed by atoms with van der Waals surface area (Å²) in [6, 6.07) is 6.61. The second-order valence-electron chi connectivity index (χ2n) is 2.31. The van der Waals surface area contributed by atoms with Gasteiger partial charge in [0.1, 0.15) is 0 Å². The van der Waals surface area contributed by atoms with Gasteiger partial charge in [-0.2, -0.15) is 0 Å². The molecule has 5 heteroatoms. The van der Waals surface area contributed by atoms with Crippen molar-refractivity contribution in [2.24, 2.45) is 5.14 Å². The molecule has 0 spiro atoms. The van der Waals surface area contributed by atoms with E-state index in [0.717, 1.165) is 0 Å². The number of nitrogens with two attached hydrogens (primary N) is 1. The van der Waals surface area contributed by atoms with Crippen LogP contribution in [0.4, 0.5) is 0 Å². The molecule has 0 bridgehead atoms. The third-order valence-electron chi connectivity index (χ3n) is 1.40. The van der Waals surface area contributed by atoms with Crippen molar-refractivity contribution in [2.45, 2.75) is 11.8 Å². The predicted octanol–water partition coefficient (Wildman–Crippen LogP) is 0.262. The summed E-state index contributed by atoms with van der Waals surface area (Å²) in [5, 5.41) is 4.93. The fourth-order valence-corrected chi connectivity index (χ4v) is 1.66. The van der Waals surface area contributed by atoms with Gasteiger partial charge in [0, 0.05) is 29.6 Å². The van der Waals surface area contributed by atoms with Crippen LogP contribution in [0.25, 0.3) is 0 Å². The third-order valence-corrected chi connectivity index (χ3v) is 2.47. The molecule has 0 atom stereocenters. The van der Waals surface area contributed by atoms with Crippen LogP contribution in [0.3, 0.4) is 0 Å². The number of aryl methyl sites for hydroxylation is 1. The molecule has 0 heterocycles. The van der Waals surface area contributed by atoms with Gasteiger partial charge >= 0.3 is 0 Å². The van der Waals surface area contributed by atoms with Gasteiger partial charge in [0.15, 0.2) is 0 Å². The average Bonchev–Trinajstić information content (AvgIpc) is 1.86. The van der Waals surface area contributed by atoms with Crippen LogP contribution in [0.15, 0.2) is 29.2 Å². The van der Waals surface area contributed by atoms with Crippen LogP contribution >= 0.6 is 0 Å². The Hall–Kier alpha value is 0.130. The molecule has 2 N–H and O–H groups in total. The number of hydrogen-bond donors (Lipinski definition) is 1. The number of sulfonamides is 1. The first-order chi connectivity index (χ1) is 5.02. The number of hydrogen-bond acceptors (Lipinski definition) is 2. The Bertz CT molecular complexity index is 361. The Morgan fingerprint density at radius 3 is 2.08 bits per heavy atom. The number of benzene rings is 1. The molecule has 0 aliphatic carbocycles. The molecule has 1 aromatic carbocycles. The molecule has 0 saturated heterocycles. The maximum Gasteiger partial charge on any atom is 0.238 e. The van der Waals surface area contributed by atoms with Crippen LogP contribution in [0.5, 0.6) is 0 Å². The van der Waals surface area contributed by atoms with Crippen molar-refractivity contribution in [2.75, 3.05) is 0 Å². The van der Waals surface area contributed by atoms with Crippen molar-refractivity contribution < 1.29 is 8.42 Å². The monoisotopic (exact) mass is 194 g/mol. The van der Waals surface area contributed by atoms with Gasteiger partial charge in [0.2, 0.25) is 10.0 Å². The zero-order valence-corrected chi connectivity index (χ0v) is 9.93. The minimum atomic E-state index is -3.53. The van der Waals surface area contributed by atoms with Gasteiger partial charge in [-0.15, -0.1) is 0 Å². The molecule has 1 radical (unpaired) electrons. The Kier molecular flexibility index (Phi) is 4.44. The van der Waals surface area contributed by atoms with Gasteiger partial charge in [-0.05, 0) is 18.6 Å². The van der Waals surface area contributed by atoms with E-state index >= 15 is 0 Å². The molecule has 0 aliphatic rings. The standard InChI is InChI=1S/C7H9NO2S.Na/c1-6-4-2-3-5-7(6)11(8,9)10;/h2-5H,1H3,(H2,8,9,10);. The molecule has 1 rings (SSSR count). The summed E-state index contributed by atoms with van der Waals surface area (Å²) in [4.78, 5) is 0.194. The van der Waals surface area contributed by atoms with Gasteiger partial charge < -0.3 is 0 Å². The van der Waals surface area contributed by atoms with Gasteiger partial charge in [0.25, 0.3) is 0 Å². The summed E-state index contributed by atoms with van der Waals surface area (Å²) in [6.07, 6.45) is 0. The first kappa shape index (κ1) is 12.1. The summed E-state index contributed by atoms with van der Waals surface area (Å²) in [6.45, 7) is 1.71. The molecule has 12 heavy (non-hydrogen) atoms. The fraction of sp³-hybridized carbons (Fsp3) is 0.143. The first-order valence-electron chi connectivity index (χ1n) is 3.10. The van der Waals surface area contributed by atoms with Crippen LogP contribution < -0.4 is 5.14 Å². The molecule has 1 aromatic rings. The summed E-state index contributed by atoms with van der Waals surface area (Å²) in [5.74, 6) is 0. The van der Waals surface area contributed by atoms with Gasteiger partial charge in [-0.3, -0.25) is 0 Å². The normalized spacial score (nSPS) is 10.5. The van der Waals surface area contributed by atoms with E-state index in [1.807, 2.05) is 0 Å². The minimum Gasteiger partial charge on any atom is -0.225 e. The van der Waals surface area contributed by atoms with Crippen molar-refractivity contribution in [3.05, 3.63) is 29.8 Å². The molecule has 0 unspecified atom stereocenters. The molecule has 3 nitrogen and oxygen atoms in total. The van der Waals surface area contributed by atoms with E-state index in [4.69, 9.17) is 5.14 Å². The van der Waals surface area contributed by atoms with Crippen molar-refractivity contribution in [1.29, 1.82) is 0 Å². The topological polar surface area (TPSA) is 60.2 Å². The van der Waals surface area contributed by atoms with Crippen LogP contribution in [0.2, 0.25) is 0 Å². The maximum absolute atomic E-state index is 10.8. The largest absolute Gasteiger partial charge is 0.238 e. The minimum absolute atomic E-state index is 0. The molecule has 0 amide bonds. The summed E-state index contributed by atoms with van der Waals surface area (Å²) < 4.78 is 21.7. The first-order valence-corrected chi connectivity index (χ1v) is 4.65. The molecular weight excluding hydrogens is 185 g/mol. The summed E-state index contributed by atoms with van der Waals surface area (Å²) in [7, 11) is -3.53. The van der Waals surface area contributed by atoms with Crippen molar-refractivity contribution in [3.63, 3.8) is 0 Å². The Labute approximate surface area is 94.3 Å². The third kappa shape index (κ3) is 2.88. The number of primary sulfonamides is 1. The Morgan fingerprint density at radius 2 is 1.75 bits per heavy atom. The second-order valence-corrected chi connectivity index (χ2v) is 3.84. The quantitative estimate of drug-likeness (QED) is 0.652. The van der Waals surface area contributed by atoms with E-state index in [1.54, 1.807) is 25.1 Å². The summed E-state index contributed by atoms with van der Waals surface area (Å²) in [5.41, 5.74) is 0.676. The van der Waals surface area contributed by atoms with E-state index in [9.17, 15) is 8.42 Å². The van der Waals surface area contributed by atoms with Crippen LogP contribution in [-0.4, -0.2) is 38.0 Å². The molecule has 0 aromatic heterocycles. The molecule has 0 saturated carbocycles. The maximum atomic E-state index is 10.8. The molecular formula is C7H9NNaO2S. The van der Waals surface area contributed by atoms with E-state index in [2.05, 4.69) is 0 Å². The predicted molar refractivity (Wildman–Crippen MR) is 48.3 cm³/mol. The Balaban J connectivity index is 0.00000121. The number of rotatable bonds is 1. The molecule has 0 aliphatic heterocycles. The summed E-state index contributed by atoms with van der Waals surface area (Å²) >= 11 is 0. The van der Waals surface area contributed by atoms with E-state index < -0.39 is 10.0 Å². The Morgan fingerprint density at radius 1 is 1.25 bits per heavy atom. The van der Waals surface area contributed by atoms with Gasteiger partial charge in [-0.25, -0.2) is 13.6 Å². The van der Waals surface area contributed by atoms with Crippen molar-refractivity contribution in [3.8, 4) is 0 Å². The van der Waals surface area contributed by atoms with Gasteiger partial charge in [0.05, 0.1) is 4.90 Å². The zero-order valence-electron chi connectivity index (χ0n) is 7.11. The van der Waals surface area contributed by atoms with Gasteiger partial charge in [-0.1, -0.05) is 18.2 Å². The fourth-order valence-electron chi connectivity index (χ4n) is 0.876. The van der Waals surface area contributed by atoms with Crippen LogP contribution in [0.1, 0.15) is 5.56 Å². The second kappa shape index (κ2) is 4.39. The van der Waals surface area contributed by atoms with Crippen molar-refractivity contribution in [1.82, 2.24) is 0 Å². The van der Waals surface area contributed by atoms with Crippen LogP contribution in [-0.2, 0) is 10.0 Å². The van der Waals surface area contributed by atoms with E-state index in [-0.39, 0.29) is 34.5 Å². The van der Waals surface area contributed by atoms with E-state index in [0.29, 0.717) is 5.56 Å². The van der Waals surface area contributed by atoms with Crippen molar-refractivity contribution >= 4 is 39.6 Å².